The monoisotopic (exact) mass is 910 g/mol. The number of nitrogens with zero attached hydrogens (tertiary/aromatic N) is 3. The Balaban J connectivity index is 1.18. The Morgan fingerprint density at radius 1 is 0.386 bits per heavy atom. The normalized spacial score (nSPS) is 16.5. The van der Waals surface area contributed by atoms with Gasteiger partial charge in [0.1, 0.15) is 11.5 Å². The van der Waals surface area contributed by atoms with Gasteiger partial charge in [-0.15, -0.1) is 0 Å². The Morgan fingerprint density at radius 3 is 1.49 bits per heavy atom. The van der Waals surface area contributed by atoms with Crippen LogP contribution < -0.4 is 52.2 Å². The lowest BCUT2D eigenvalue weighted by Crippen LogP contribution is -2.64. The summed E-state index contributed by atoms with van der Waals surface area (Å²) in [6.45, 7) is 23.7. The highest BCUT2D eigenvalue weighted by Gasteiger charge is 2.49. The summed E-state index contributed by atoms with van der Waals surface area (Å²) in [6.07, 6.45) is 2.32. The van der Waals surface area contributed by atoms with Crippen LogP contribution in [0.4, 0.5) is 51.2 Å². The molecule has 0 aromatic heterocycles. The predicted molar refractivity (Wildman–Crippen MR) is 299 cm³/mol. The summed E-state index contributed by atoms with van der Waals surface area (Å²) < 4.78 is 7.04. The van der Waals surface area contributed by atoms with Crippen molar-refractivity contribution in [3.63, 3.8) is 0 Å². The van der Waals surface area contributed by atoms with Crippen LogP contribution in [0.25, 0.3) is 0 Å². The first-order valence-electron chi connectivity index (χ1n) is 25.5. The van der Waals surface area contributed by atoms with E-state index in [1.165, 1.54) is 107 Å². The molecular formula is C64H61B2N3O. The second-order valence-electron chi connectivity index (χ2n) is 24.0. The molecule has 0 unspecified atom stereocenters. The molecule has 4 nitrogen and oxygen atoms in total. The van der Waals surface area contributed by atoms with Crippen molar-refractivity contribution in [2.45, 2.75) is 104 Å². The van der Waals surface area contributed by atoms with E-state index >= 15 is 0 Å². The first kappa shape index (κ1) is 43.1. The lowest BCUT2D eigenvalue weighted by molar-refractivity contribution is 0.332. The van der Waals surface area contributed by atoms with Gasteiger partial charge in [-0.2, -0.15) is 0 Å². The Hall–Kier alpha value is -6.91. The minimum Gasteiger partial charge on any atom is -0.458 e. The smallest absolute Gasteiger partial charge is 0.256 e. The maximum atomic E-state index is 7.04. The maximum absolute atomic E-state index is 7.04. The molecule has 4 aliphatic heterocycles. The first-order valence-corrected chi connectivity index (χ1v) is 25.5. The highest BCUT2D eigenvalue weighted by Crippen LogP contribution is 2.52. The second-order valence-corrected chi connectivity index (χ2v) is 24.0. The summed E-state index contributed by atoms with van der Waals surface area (Å²) in [5.74, 6) is 1.87. The van der Waals surface area contributed by atoms with Crippen LogP contribution in [-0.2, 0) is 21.7 Å². The quantitative estimate of drug-likeness (QED) is 0.164. The van der Waals surface area contributed by atoms with Crippen LogP contribution in [0.1, 0.15) is 104 Å². The molecule has 1 aliphatic carbocycles. The molecule has 0 bridgehead atoms. The van der Waals surface area contributed by atoms with Crippen molar-refractivity contribution in [1.29, 1.82) is 0 Å². The van der Waals surface area contributed by atoms with Gasteiger partial charge in [0.2, 0.25) is 0 Å². The summed E-state index contributed by atoms with van der Waals surface area (Å²) in [5.41, 5.74) is 23.9. The van der Waals surface area contributed by atoms with Gasteiger partial charge in [-0.25, -0.2) is 0 Å². The molecule has 0 atom stereocenters. The summed E-state index contributed by atoms with van der Waals surface area (Å²) in [4.78, 5) is 7.76. The van der Waals surface area contributed by atoms with E-state index in [0.717, 1.165) is 23.6 Å². The molecule has 344 valence electrons. The van der Waals surface area contributed by atoms with Gasteiger partial charge < -0.3 is 19.4 Å². The van der Waals surface area contributed by atoms with E-state index in [1.54, 1.807) is 0 Å². The van der Waals surface area contributed by atoms with Gasteiger partial charge in [0, 0.05) is 51.2 Å². The molecule has 0 saturated carbocycles. The van der Waals surface area contributed by atoms with Gasteiger partial charge in [0.15, 0.2) is 0 Å². The second kappa shape index (κ2) is 14.8. The van der Waals surface area contributed by atoms with E-state index in [9.17, 15) is 0 Å². The summed E-state index contributed by atoms with van der Waals surface area (Å²) in [5, 5.41) is 0. The third-order valence-corrected chi connectivity index (χ3v) is 16.6. The van der Waals surface area contributed by atoms with Gasteiger partial charge in [-0.3, -0.25) is 0 Å². The van der Waals surface area contributed by atoms with E-state index in [0.29, 0.717) is 0 Å². The fourth-order valence-corrected chi connectivity index (χ4v) is 12.7. The van der Waals surface area contributed by atoms with Crippen LogP contribution in [0.15, 0.2) is 164 Å². The van der Waals surface area contributed by atoms with Gasteiger partial charge in [0.05, 0.1) is 0 Å². The minimum atomic E-state index is -0.128. The number of anilines is 9. The van der Waals surface area contributed by atoms with Gasteiger partial charge in [-0.1, -0.05) is 154 Å². The molecule has 70 heavy (non-hydrogen) atoms. The zero-order chi connectivity index (χ0) is 48.2. The standard InChI is InChI=1S/C64H61B2N3O/c1-61(2,3)40-33-54-59-55(34-40)69(44-29-30-45-46(37-44)64(9,10)32-31-63(45,7)8)53-39-52-50(38-49(53)65(59)47-25-17-19-27-51(47)67(54)42-21-13-11-14-22-42)66-48-26-18-20-28-57(48)70-58-36-41(62(4,5)6)35-56(60(58)66)68(52)43-23-15-12-16-24-43/h11-30,33-39H,31-32H2,1-10H3. The lowest BCUT2D eigenvalue weighted by Gasteiger charge is -2.47. The van der Waals surface area contributed by atoms with Crippen molar-refractivity contribution in [2.75, 3.05) is 14.7 Å². The van der Waals surface area contributed by atoms with Crippen molar-refractivity contribution >= 4 is 97.4 Å². The Morgan fingerprint density at radius 2 is 0.871 bits per heavy atom. The summed E-state index contributed by atoms with van der Waals surface area (Å²) in [6, 6.07) is 62.5. The molecule has 5 aliphatic rings. The van der Waals surface area contributed by atoms with Crippen molar-refractivity contribution < 1.29 is 4.74 Å². The number of hydrogen-bond acceptors (Lipinski definition) is 4. The molecule has 4 heterocycles. The molecule has 0 N–H and O–H groups in total. The maximum Gasteiger partial charge on any atom is 0.256 e. The van der Waals surface area contributed by atoms with Crippen LogP contribution in [0, 0.1) is 0 Å². The molecule has 0 saturated heterocycles. The van der Waals surface area contributed by atoms with Crippen LogP contribution in [0.3, 0.4) is 0 Å². The molecule has 0 amide bonds. The van der Waals surface area contributed by atoms with E-state index in [-0.39, 0.29) is 35.1 Å². The number of hydrogen-bond donors (Lipinski definition) is 0. The topological polar surface area (TPSA) is 19.0 Å². The Bertz CT molecular complexity index is 3470. The van der Waals surface area contributed by atoms with Crippen LogP contribution in [0.2, 0.25) is 0 Å². The fourth-order valence-electron chi connectivity index (χ4n) is 12.7. The Labute approximate surface area is 416 Å². The first-order chi connectivity index (χ1) is 33.5. The van der Waals surface area contributed by atoms with E-state index < -0.39 is 0 Å². The average molecular weight is 910 g/mol. The number of ether oxygens (including phenoxy) is 1. The fraction of sp³-hybridized carbons (Fsp3) is 0.250. The Kier molecular flexibility index (Phi) is 9.13. The number of fused-ring (bicyclic) bond motifs is 9. The van der Waals surface area contributed by atoms with Crippen LogP contribution in [-0.4, -0.2) is 13.4 Å². The summed E-state index contributed by atoms with van der Waals surface area (Å²) in [7, 11) is 0. The zero-order valence-corrected chi connectivity index (χ0v) is 42.4. The van der Waals surface area contributed by atoms with Gasteiger partial charge in [0.25, 0.3) is 13.4 Å². The molecule has 0 radical (unpaired) electrons. The third-order valence-electron chi connectivity index (χ3n) is 16.6. The molecule has 0 fully saturated rings. The highest BCUT2D eigenvalue weighted by molar-refractivity contribution is 7.02. The van der Waals surface area contributed by atoms with Crippen LogP contribution >= 0.6 is 0 Å². The average Bonchev–Trinajstić information content (AvgIpc) is 3.34. The molecule has 0 spiro atoms. The molecular weight excluding hydrogens is 848 g/mol. The largest absolute Gasteiger partial charge is 0.458 e. The summed E-state index contributed by atoms with van der Waals surface area (Å²) >= 11 is 0. The predicted octanol–water partition coefficient (Wildman–Crippen LogP) is 13.1. The molecule has 6 heteroatoms. The van der Waals surface area contributed by atoms with Crippen molar-refractivity contribution in [3.05, 3.63) is 186 Å². The minimum absolute atomic E-state index is 0.0281. The van der Waals surface area contributed by atoms with Crippen molar-refractivity contribution in [3.8, 4) is 11.5 Å². The van der Waals surface area contributed by atoms with E-state index in [2.05, 4.69) is 248 Å². The van der Waals surface area contributed by atoms with Gasteiger partial charge >= 0.3 is 0 Å². The highest BCUT2D eigenvalue weighted by atomic mass is 16.5. The van der Waals surface area contributed by atoms with Crippen molar-refractivity contribution in [1.82, 2.24) is 0 Å². The number of rotatable bonds is 3. The van der Waals surface area contributed by atoms with Crippen LogP contribution in [0.5, 0.6) is 11.5 Å². The lowest BCUT2D eigenvalue weighted by atomic mass is 9.30. The molecule has 13 rings (SSSR count). The number of para-hydroxylation sites is 4. The van der Waals surface area contributed by atoms with Gasteiger partial charge in [-0.05, 0) is 168 Å². The zero-order valence-electron chi connectivity index (χ0n) is 42.4. The SMILES string of the molecule is CC(C)(C)c1cc2c3c(c1)N(c1ccccc1)c1cc4c(cc1B3c1ccccc1O2)B1c2ccccc2N(c2ccccc2)c2cc(C(C)(C)C)cc(c21)N4c1ccc2c(c1)C(C)(C)CCC2(C)C. The number of benzene rings is 8. The van der Waals surface area contributed by atoms with Crippen molar-refractivity contribution in [2.24, 2.45) is 0 Å². The molecule has 8 aromatic rings. The molecule has 8 aromatic carbocycles. The van der Waals surface area contributed by atoms with E-state index in [1.807, 2.05) is 0 Å². The third kappa shape index (κ3) is 6.30. The van der Waals surface area contributed by atoms with E-state index in [4.69, 9.17) is 4.74 Å².